The lowest BCUT2D eigenvalue weighted by Crippen LogP contribution is -2.39. The molecule has 1 rings (SSSR count). The molecule has 0 saturated heterocycles. The molecule has 1 aromatic rings. The van der Waals surface area contributed by atoms with E-state index >= 15 is 0 Å². The van der Waals surface area contributed by atoms with Crippen molar-refractivity contribution in [2.75, 3.05) is 20.3 Å². The van der Waals surface area contributed by atoms with Crippen LogP contribution in [0.2, 0.25) is 0 Å². The van der Waals surface area contributed by atoms with Crippen molar-refractivity contribution in [1.82, 2.24) is 5.32 Å². The molecule has 0 aliphatic carbocycles. The molecule has 6 nitrogen and oxygen atoms in total. The second-order valence-corrected chi connectivity index (χ2v) is 4.40. The van der Waals surface area contributed by atoms with Crippen LogP contribution in [0, 0.1) is 0 Å². The molecule has 0 spiro atoms. The van der Waals surface area contributed by atoms with Gasteiger partial charge in [-0.1, -0.05) is 6.07 Å². The van der Waals surface area contributed by atoms with Gasteiger partial charge in [0.25, 0.3) is 5.91 Å². The van der Waals surface area contributed by atoms with E-state index < -0.39 is 6.29 Å². The molecule has 21 heavy (non-hydrogen) atoms. The normalized spacial score (nSPS) is 12.2. The van der Waals surface area contributed by atoms with Gasteiger partial charge in [0, 0.05) is 13.2 Å². The van der Waals surface area contributed by atoms with Gasteiger partial charge in [-0.2, -0.15) is 0 Å². The number of rotatable bonds is 8. The zero-order valence-electron chi connectivity index (χ0n) is 12.9. The van der Waals surface area contributed by atoms with Crippen molar-refractivity contribution in [2.45, 2.75) is 33.1 Å². The van der Waals surface area contributed by atoms with Crippen molar-refractivity contribution in [3.63, 3.8) is 0 Å². The van der Waals surface area contributed by atoms with Crippen molar-refractivity contribution < 1.29 is 24.1 Å². The van der Waals surface area contributed by atoms with Crippen LogP contribution in [-0.4, -0.2) is 37.6 Å². The monoisotopic (exact) mass is 297 g/mol. The molecule has 0 aromatic heterocycles. The van der Waals surface area contributed by atoms with Crippen molar-refractivity contribution in [3.8, 4) is 11.5 Å². The molecule has 0 aliphatic rings. The van der Waals surface area contributed by atoms with E-state index in [2.05, 4.69) is 5.32 Å². The van der Waals surface area contributed by atoms with E-state index in [1.807, 2.05) is 6.92 Å². The third kappa shape index (κ3) is 4.91. The maximum Gasteiger partial charge on any atom is 0.277 e. The lowest BCUT2D eigenvalue weighted by molar-refractivity contribution is -0.170. The van der Waals surface area contributed by atoms with E-state index in [1.54, 1.807) is 26.0 Å². The highest BCUT2D eigenvalue weighted by atomic mass is 16.7. The van der Waals surface area contributed by atoms with Crippen LogP contribution in [0.3, 0.4) is 0 Å². The van der Waals surface area contributed by atoms with Gasteiger partial charge in [0.15, 0.2) is 11.5 Å². The lowest BCUT2D eigenvalue weighted by atomic mass is 10.1. The summed E-state index contributed by atoms with van der Waals surface area (Å²) in [5, 5.41) is 12.4. The van der Waals surface area contributed by atoms with Crippen LogP contribution >= 0.6 is 0 Å². The van der Waals surface area contributed by atoms with Gasteiger partial charge >= 0.3 is 0 Å². The molecule has 0 bridgehead atoms. The number of carbonyl (C=O) groups excluding carboxylic acids is 1. The van der Waals surface area contributed by atoms with Gasteiger partial charge in [-0.05, 0) is 38.5 Å². The summed E-state index contributed by atoms with van der Waals surface area (Å²) in [7, 11) is 1.47. The number of aromatic hydroxyl groups is 1. The Labute approximate surface area is 125 Å². The largest absolute Gasteiger partial charge is 0.504 e. The highest BCUT2D eigenvalue weighted by Gasteiger charge is 2.21. The number of phenolic OH excluding ortho intramolecular Hbond substituents is 1. The molecule has 0 fully saturated rings. The summed E-state index contributed by atoms with van der Waals surface area (Å²) < 4.78 is 15.5. The van der Waals surface area contributed by atoms with Gasteiger partial charge in [-0.25, -0.2) is 0 Å². The number of hydrogen-bond donors (Lipinski definition) is 2. The van der Waals surface area contributed by atoms with Crippen LogP contribution in [0.1, 0.15) is 32.4 Å². The Morgan fingerprint density at radius 3 is 2.43 bits per heavy atom. The minimum absolute atomic E-state index is 0.0567. The number of nitrogens with one attached hydrogen (secondary N) is 1. The molecule has 1 amide bonds. The SMILES string of the molecule is CCOC(OCC)C(=O)N[C@@H](C)c1ccc(O)c(OC)c1. The highest BCUT2D eigenvalue weighted by Crippen LogP contribution is 2.28. The number of hydrogen-bond acceptors (Lipinski definition) is 5. The third-order valence-electron chi connectivity index (χ3n) is 2.91. The van der Waals surface area contributed by atoms with Gasteiger partial charge in [0.2, 0.25) is 6.29 Å². The zero-order valence-corrected chi connectivity index (χ0v) is 12.9. The summed E-state index contributed by atoms with van der Waals surface area (Å²) in [6.45, 7) is 6.21. The van der Waals surface area contributed by atoms with Gasteiger partial charge in [-0.3, -0.25) is 4.79 Å². The fourth-order valence-corrected chi connectivity index (χ4v) is 1.83. The quantitative estimate of drug-likeness (QED) is 0.717. The molecule has 118 valence electrons. The summed E-state index contributed by atoms with van der Waals surface area (Å²) in [6, 6.07) is 4.66. The topological polar surface area (TPSA) is 77.0 Å². The maximum absolute atomic E-state index is 12.1. The van der Waals surface area contributed by atoms with Gasteiger partial charge in [-0.15, -0.1) is 0 Å². The standard InChI is InChI=1S/C15H23NO5/c1-5-20-15(21-6-2)14(18)16-10(3)11-7-8-12(17)13(9-11)19-4/h7-10,15,17H,5-6H2,1-4H3,(H,16,18)/t10-/m0/s1. The predicted molar refractivity (Wildman–Crippen MR) is 78.3 cm³/mol. The minimum atomic E-state index is -0.915. The van der Waals surface area contributed by atoms with Gasteiger partial charge < -0.3 is 24.6 Å². The van der Waals surface area contributed by atoms with Crippen molar-refractivity contribution in [3.05, 3.63) is 23.8 Å². The summed E-state index contributed by atoms with van der Waals surface area (Å²) in [5.74, 6) is 0.0827. The molecule has 1 atom stereocenters. The van der Waals surface area contributed by atoms with Crippen LogP contribution in [-0.2, 0) is 14.3 Å². The molecule has 6 heteroatoms. The summed E-state index contributed by atoms with van der Waals surface area (Å²) in [5.41, 5.74) is 0.810. The summed E-state index contributed by atoms with van der Waals surface area (Å²) in [6.07, 6.45) is -0.915. The van der Waals surface area contributed by atoms with Gasteiger partial charge in [0.05, 0.1) is 13.2 Å². The first-order chi connectivity index (χ1) is 10.0. The fourth-order valence-electron chi connectivity index (χ4n) is 1.83. The molecule has 0 saturated carbocycles. The van der Waals surface area contributed by atoms with Crippen LogP contribution in [0.25, 0.3) is 0 Å². The first kappa shape index (κ1) is 17.3. The van der Waals surface area contributed by atoms with E-state index in [-0.39, 0.29) is 17.7 Å². The first-order valence-corrected chi connectivity index (χ1v) is 6.93. The molecule has 0 aliphatic heterocycles. The highest BCUT2D eigenvalue weighted by molar-refractivity contribution is 5.79. The number of ether oxygens (including phenoxy) is 3. The summed E-state index contributed by atoms with van der Waals surface area (Å²) in [4.78, 5) is 12.1. The first-order valence-electron chi connectivity index (χ1n) is 6.93. The number of amides is 1. The van der Waals surface area contributed by atoms with Crippen LogP contribution < -0.4 is 10.1 Å². The average Bonchev–Trinajstić information content (AvgIpc) is 2.47. The van der Waals surface area contributed by atoms with Crippen molar-refractivity contribution in [2.24, 2.45) is 0 Å². The van der Waals surface area contributed by atoms with Crippen LogP contribution in [0.15, 0.2) is 18.2 Å². The Morgan fingerprint density at radius 1 is 1.29 bits per heavy atom. The van der Waals surface area contributed by atoms with Gasteiger partial charge in [0.1, 0.15) is 0 Å². The number of carbonyl (C=O) groups is 1. The van der Waals surface area contributed by atoms with E-state index in [4.69, 9.17) is 14.2 Å². The van der Waals surface area contributed by atoms with Crippen molar-refractivity contribution in [1.29, 1.82) is 0 Å². The lowest BCUT2D eigenvalue weighted by Gasteiger charge is -2.20. The smallest absolute Gasteiger partial charge is 0.277 e. The van der Waals surface area contributed by atoms with Crippen LogP contribution in [0.4, 0.5) is 0 Å². The van der Waals surface area contributed by atoms with E-state index in [0.29, 0.717) is 19.0 Å². The molecule has 0 radical (unpaired) electrons. The molecule has 2 N–H and O–H groups in total. The summed E-state index contributed by atoms with van der Waals surface area (Å²) >= 11 is 0. The van der Waals surface area contributed by atoms with E-state index in [9.17, 15) is 9.90 Å². The third-order valence-corrected chi connectivity index (χ3v) is 2.91. The number of benzene rings is 1. The van der Waals surface area contributed by atoms with Crippen molar-refractivity contribution >= 4 is 5.91 Å². The van der Waals surface area contributed by atoms with E-state index in [1.165, 1.54) is 13.2 Å². The van der Waals surface area contributed by atoms with Crippen LogP contribution in [0.5, 0.6) is 11.5 Å². The Bertz CT molecular complexity index is 457. The number of methoxy groups -OCH3 is 1. The Morgan fingerprint density at radius 2 is 1.90 bits per heavy atom. The number of phenols is 1. The molecule has 0 heterocycles. The average molecular weight is 297 g/mol. The second kappa shape index (κ2) is 8.49. The molecular formula is C15H23NO5. The second-order valence-electron chi connectivity index (χ2n) is 4.40. The Hall–Kier alpha value is -1.79. The zero-order chi connectivity index (χ0) is 15.8. The molecule has 0 unspecified atom stereocenters. The Kier molecular flexibility index (Phi) is 6.98. The predicted octanol–water partition coefficient (Wildman–Crippen LogP) is 1.98. The Balaban J connectivity index is 2.75. The maximum atomic E-state index is 12.1. The minimum Gasteiger partial charge on any atom is -0.504 e. The molecular weight excluding hydrogens is 274 g/mol. The van der Waals surface area contributed by atoms with E-state index in [0.717, 1.165) is 5.56 Å². The molecule has 1 aromatic carbocycles. The fraction of sp³-hybridized carbons (Fsp3) is 0.533.